The predicted molar refractivity (Wildman–Crippen MR) is 165 cm³/mol. The average molecular weight is 717 g/mol. The minimum Gasteiger partial charge on any atom is -0.434 e. The van der Waals surface area contributed by atoms with Gasteiger partial charge in [-0.1, -0.05) is 122 Å². The van der Waals surface area contributed by atoms with E-state index in [1.807, 2.05) is 12.2 Å². The van der Waals surface area contributed by atoms with E-state index in [4.69, 9.17) is 9.47 Å². The third kappa shape index (κ3) is 21.7. The molecular formula is C29H50I2O4. The van der Waals surface area contributed by atoms with Gasteiger partial charge in [0.25, 0.3) is 0 Å². The molecule has 0 aliphatic carbocycles. The maximum absolute atomic E-state index is 12.3. The molecule has 0 unspecified atom stereocenters. The highest BCUT2D eigenvalue weighted by Crippen LogP contribution is 2.20. The fraction of sp³-hybridized carbons (Fsp3) is 0.793. The molecule has 0 N–H and O–H groups in total. The molecule has 0 rings (SSSR count). The second-order valence-corrected chi connectivity index (χ2v) is 11.9. The smallest absolute Gasteiger partial charge is 0.327 e. The Labute approximate surface area is 243 Å². The number of rotatable bonds is 24. The lowest BCUT2D eigenvalue weighted by atomic mass is 9.94. The lowest BCUT2D eigenvalue weighted by molar-refractivity contribution is -0.163. The number of esters is 2. The first kappa shape index (κ1) is 34.9. The Bertz CT molecular complexity index is 525. The Kier molecular flexibility index (Phi) is 25.4. The summed E-state index contributed by atoms with van der Waals surface area (Å²) in [6, 6.07) is 0. The van der Waals surface area contributed by atoms with Crippen molar-refractivity contribution in [3.05, 3.63) is 24.7 Å². The summed E-state index contributed by atoms with van der Waals surface area (Å²) in [5.74, 6) is -1.17. The second-order valence-electron chi connectivity index (χ2n) is 9.79. The van der Waals surface area contributed by atoms with Crippen molar-refractivity contribution in [3.8, 4) is 0 Å². The molecule has 0 saturated carbocycles. The van der Waals surface area contributed by atoms with Gasteiger partial charge in [0.1, 0.15) is 0 Å². The Hall–Kier alpha value is -0.120. The molecule has 0 aromatic rings. The molecular weight excluding hydrogens is 666 g/mol. The van der Waals surface area contributed by atoms with E-state index in [0.717, 1.165) is 25.7 Å². The first-order valence-corrected chi connectivity index (χ1v) is 16.9. The molecule has 0 amide bonds. The normalized spacial score (nSPS) is 12.0. The van der Waals surface area contributed by atoms with E-state index in [1.54, 1.807) is 13.8 Å². The molecule has 0 heterocycles. The van der Waals surface area contributed by atoms with Gasteiger partial charge < -0.3 is 9.47 Å². The summed E-state index contributed by atoms with van der Waals surface area (Å²) in [6.45, 7) is 3.08. The number of halogens is 2. The molecule has 0 fully saturated rings. The molecule has 0 bridgehead atoms. The van der Waals surface area contributed by atoms with Gasteiger partial charge in [-0.3, -0.25) is 9.59 Å². The number of carbonyl (C=O) groups excluding carboxylic acids is 2. The summed E-state index contributed by atoms with van der Waals surface area (Å²) in [4.78, 5) is 24.6. The molecule has 0 aliphatic rings. The van der Waals surface area contributed by atoms with Gasteiger partial charge in [0.2, 0.25) is 0 Å². The molecule has 0 aromatic carbocycles. The maximum atomic E-state index is 12.3. The van der Waals surface area contributed by atoms with Crippen molar-refractivity contribution in [2.24, 2.45) is 5.41 Å². The lowest BCUT2D eigenvalue weighted by Crippen LogP contribution is -2.35. The summed E-state index contributed by atoms with van der Waals surface area (Å²) in [7, 11) is 0. The topological polar surface area (TPSA) is 52.6 Å². The van der Waals surface area contributed by atoms with Crippen molar-refractivity contribution in [2.45, 2.75) is 129 Å². The number of carbonyl (C=O) groups is 2. The predicted octanol–water partition coefficient (Wildman–Crippen LogP) is 10.0. The van der Waals surface area contributed by atoms with Crippen LogP contribution in [0.4, 0.5) is 0 Å². The van der Waals surface area contributed by atoms with Crippen molar-refractivity contribution in [2.75, 3.05) is 8.86 Å². The highest BCUT2D eigenvalue weighted by atomic mass is 127. The van der Waals surface area contributed by atoms with Gasteiger partial charge in [0, 0.05) is 0 Å². The van der Waals surface area contributed by atoms with Crippen LogP contribution in [-0.2, 0) is 19.1 Å². The summed E-state index contributed by atoms with van der Waals surface area (Å²) < 4.78 is 12.9. The zero-order valence-corrected chi connectivity index (χ0v) is 26.7. The molecule has 0 saturated heterocycles. The average Bonchev–Trinajstić information content (AvgIpc) is 2.85. The lowest BCUT2D eigenvalue weighted by Gasteiger charge is -2.18. The van der Waals surface area contributed by atoms with E-state index in [2.05, 4.69) is 45.2 Å². The molecule has 0 spiro atoms. The van der Waals surface area contributed by atoms with Crippen molar-refractivity contribution in [1.29, 1.82) is 0 Å². The zero-order chi connectivity index (χ0) is 26.0. The van der Waals surface area contributed by atoms with Crippen LogP contribution in [0, 0.1) is 5.41 Å². The van der Waals surface area contributed by atoms with Gasteiger partial charge >= 0.3 is 11.9 Å². The highest BCUT2D eigenvalue weighted by molar-refractivity contribution is 14.1. The Balaban J connectivity index is 3.81. The molecule has 0 aliphatic heterocycles. The summed E-state index contributed by atoms with van der Waals surface area (Å²) in [5.41, 5.74) is -1.33. The van der Waals surface area contributed by atoms with Crippen LogP contribution in [0.3, 0.4) is 0 Å². The minimum absolute atomic E-state index is 0.586. The molecule has 35 heavy (non-hydrogen) atoms. The molecule has 0 aromatic heterocycles. The van der Waals surface area contributed by atoms with Crippen LogP contribution in [-0.4, -0.2) is 20.8 Å². The number of ether oxygens (including phenoxy) is 2. The number of alkyl halides is 2. The van der Waals surface area contributed by atoms with Crippen LogP contribution in [0.25, 0.3) is 0 Å². The Morgan fingerprint density at radius 2 is 0.829 bits per heavy atom. The van der Waals surface area contributed by atoms with Gasteiger partial charge in [0.15, 0.2) is 5.41 Å². The third-order valence-corrected chi connectivity index (χ3v) is 7.60. The molecule has 4 nitrogen and oxygen atoms in total. The van der Waals surface area contributed by atoms with Crippen molar-refractivity contribution >= 4 is 57.1 Å². The zero-order valence-electron chi connectivity index (χ0n) is 22.3. The number of hydrogen-bond donors (Lipinski definition) is 0. The van der Waals surface area contributed by atoms with Gasteiger partial charge in [0.05, 0.1) is 12.5 Å². The quantitative estimate of drug-likeness (QED) is 0.0249. The van der Waals surface area contributed by atoms with Gasteiger partial charge in [-0.05, 0) is 73.4 Å². The fourth-order valence-electron chi connectivity index (χ4n) is 3.57. The van der Waals surface area contributed by atoms with Crippen LogP contribution in [0.15, 0.2) is 24.7 Å². The number of hydrogen-bond acceptors (Lipinski definition) is 4. The van der Waals surface area contributed by atoms with E-state index in [-0.39, 0.29) is 0 Å². The molecule has 0 radical (unpaired) electrons. The van der Waals surface area contributed by atoms with E-state index >= 15 is 0 Å². The highest BCUT2D eigenvalue weighted by Gasteiger charge is 2.39. The second kappa shape index (κ2) is 25.5. The van der Waals surface area contributed by atoms with Crippen LogP contribution in [0.1, 0.15) is 129 Å². The first-order chi connectivity index (χ1) is 17.0. The van der Waals surface area contributed by atoms with Gasteiger partial charge in [-0.25, -0.2) is 0 Å². The van der Waals surface area contributed by atoms with Crippen LogP contribution < -0.4 is 0 Å². The molecule has 0 atom stereocenters. The minimum atomic E-state index is -1.33. The Morgan fingerprint density at radius 1 is 0.543 bits per heavy atom. The number of unbranched alkanes of at least 4 members (excludes halogenated alkanes) is 16. The van der Waals surface area contributed by atoms with Crippen LogP contribution in [0.2, 0.25) is 0 Å². The first-order valence-electron chi connectivity index (χ1n) is 13.8. The van der Waals surface area contributed by atoms with Crippen molar-refractivity contribution < 1.29 is 19.1 Å². The molecule has 204 valence electrons. The standard InChI is InChI=1S/C29H50I2O4/c1-29(2,27(32)34-25-21-17-13-9-5-3-7-11-15-19-23-30)28(33)35-26-22-18-14-10-6-4-8-12-16-20-24-31/h21-22,25-26H,3-20,23-24H2,1-2H3/b25-21+,26-22+. The summed E-state index contributed by atoms with van der Waals surface area (Å²) >= 11 is 4.88. The third-order valence-electron chi connectivity index (χ3n) is 6.07. The van der Waals surface area contributed by atoms with E-state index in [1.165, 1.54) is 111 Å². The van der Waals surface area contributed by atoms with Crippen molar-refractivity contribution in [3.63, 3.8) is 0 Å². The van der Waals surface area contributed by atoms with Crippen LogP contribution in [0.5, 0.6) is 0 Å². The number of allylic oxidation sites excluding steroid dienone is 2. The summed E-state index contributed by atoms with van der Waals surface area (Å²) in [5, 5.41) is 0. The van der Waals surface area contributed by atoms with Gasteiger partial charge in [-0.2, -0.15) is 0 Å². The largest absolute Gasteiger partial charge is 0.434 e. The SMILES string of the molecule is CC(C)(C(=O)O/C=C/CCCCCCCCCCI)C(=O)O/C=C/CCCCCCCCCCI. The van der Waals surface area contributed by atoms with E-state index in [0.29, 0.717) is 0 Å². The monoisotopic (exact) mass is 716 g/mol. The van der Waals surface area contributed by atoms with Crippen molar-refractivity contribution in [1.82, 2.24) is 0 Å². The van der Waals surface area contributed by atoms with E-state index in [9.17, 15) is 9.59 Å². The Morgan fingerprint density at radius 3 is 1.14 bits per heavy atom. The van der Waals surface area contributed by atoms with Gasteiger partial charge in [-0.15, -0.1) is 0 Å². The fourth-order valence-corrected chi connectivity index (χ4v) is 4.65. The van der Waals surface area contributed by atoms with Crippen LogP contribution >= 0.6 is 45.2 Å². The summed E-state index contributed by atoms with van der Waals surface area (Å²) in [6.07, 6.45) is 28.9. The van der Waals surface area contributed by atoms with E-state index < -0.39 is 17.4 Å². The maximum Gasteiger partial charge on any atom is 0.327 e. The molecule has 6 heteroatoms.